The first kappa shape index (κ1) is 80.6. The molecule has 1 fully saturated rings. The van der Waals surface area contributed by atoms with Gasteiger partial charge >= 0.3 is 0 Å². The monoisotopic (exact) mass is 1530 g/mol. The van der Waals surface area contributed by atoms with E-state index in [9.17, 15) is 30.6 Å². The van der Waals surface area contributed by atoms with Crippen molar-refractivity contribution in [3.8, 4) is 92.4 Å². The highest BCUT2D eigenvalue weighted by Crippen LogP contribution is 2.39. The first-order chi connectivity index (χ1) is 51.2. The maximum Gasteiger partial charge on any atom is 0.220 e. The third-order valence-corrected chi connectivity index (χ3v) is 16.7. The Bertz CT molecular complexity index is 5480. The summed E-state index contributed by atoms with van der Waals surface area (Å²) in [6, 6.07) is 9.19. The Balaban J connectivity index is 0.000000155. The lowest BCUT2D eigenvalue weighted by molar-refractivity contribution is 0.0622. The van der Waals surface area contributed by atoms with Crippen LogP contribution in [0.5, 0.6) is 0 Å². The predicted molar refractivity (Wildman–Crippen MR) is 423 cm³/mol. The van der Waals surface area contributed by atoms with Gasteiger partial charge in [-0.25, -0.2) is 59.8 Å². The van der Waals surface area contributed by atoms with Crippen molar-refractivity contribution in [2.24, 2.45) is 0 Å². The number of pyridine rings is 4. The first-order valence-electron chi connectivity index (χ1n) is 34.1. The third kappa shape index (κ3) is 21.7. The van der Waals surface area contributed by atoms with E-state index in [1.807, 2.05) is 62.8 Å². The fraction of sp³-hybridized carbons (Fsp3) is 0.333. The standard InChI is InChI=1S/C20H20ClN5O2.C20H22ClN5O2.C19H20ClN5O2.C19H21N5O2/c1-19(2,27)11-26-10-14(17-15(21)8-24-18(22)25-17)13-7-12(23-9-16(13)26)3-4-20(28)5-6-20;1-19(2,27)6-5-12-7-13-14(17-15(21)8-24-18(22)25-17)10-26(11-20(3,4)28)16(13)9-23-12;1-19(2,26)5-4-12-8-13-14(17-15(20)9-23-18(21)24-17)11-25(6-7-27-3)16(13)10-22-12;1-19(2,25)6-4-13-10-14-15(16-5-7-21-18(20)23-16)12-24(8-9-26-3)17(14)11-22-13/h7-10,27-28H,5-6,11H2,1-2H3,(H2,22,24,25);7-10,27-28H,11H2,1-4H3,(H2,22,24,25);8-11,26H,6-7H2,1-3H3,(H2,21,23,24);5,7,10-12,25H,8-9H2,1-3H3,(H2,20,21,23). The molecule has 1 aliphatic carbocycles. The topological polar surface area (TPSA) is 418 Å². The molecule has 0 bridgehead atoms. The van der Waals surface area contributed by atoms with Gasteiger partial charge in [0.05, 0.1) is 141 Å². The van der Waals surface area contributed by atoms with Crippen molar-refractivity contribution in [2.45, 2.75) is 142 Å². The van der Waals surface area contributed by atoms with Gasteiger partial charge in [-0.3, -0.25) is 0 Å². The average Bonchev–Trinajstić information content (AvgIpc) is 1.65. The summed E-state index contributed by atoms with van der Waals surface area (Å²) in [5, 5.41) is 64.6. The van der Waals surface area contributed by atoms with Crippen molar-refractivity contribution in [1.82, 2.24) is 78.1 Å². The number of aliphatic hydroxyl groups is 6. The fourth-order valence-corrected chi connectivity index (χ4v) is 11.5. The van der Waals surface area contributed by atoms with Crippen LogP contribution in [0.4, 0.5) is 23.8 Å². The summed E-state index contributed by atoms with van der Waals surface area (Å²) in [5.74, 6) is 23.4. The van der Waals surface area contributed by atoms with E-state index in [4.69, 9.17) is 67.2 Å². The van der Waals surface area contributed by atoms with Gasteiger partial charge in [-0.05, 0) is 136 Å². The quantitative estimate of drug-likeness (QED) is 0.0453. The minimum atomic E-state index is -1.13. The molecule has 12 heterocycles. The summed E-state index contributed by atoms with van der Waals surface area (Å²) in [7, 11) is 3.32. The molecule has 0 amide bonds. The maximum absolute atomic E-state index is 10.3. The van der Waals surface area contributed by atoms with Crippen molar-refractivity contribution >= 4 is 102 Å². The molecule has 109 heavy (non-hydrogen) atoms. The van der Waals surface area contributed by atoms with Crippen LogP contribution in [0.1, 0.15) is 105 Å². The smallest absolute Gasteiger partial charge is 0.220 e. The highest BCUT2D eigenvalue weighted by atomic mass is 35.5. The second-order valence-corrected chi connectivity index (χ2v) is 29.8. The number of hydrogen-bond acceptors (Lipinski definition) is 24. The highest BCUT2D eigenvalue weighted by Gasteiger charge is 2.38. The fourth-order valence-electron chi connectivity index (χ4n) is 10.9. The van der Waals surface area contributed by atoms with E-state index in [1.165, 1.54) is 18.6 Å². The van der Waals surface area contributed by atoms with Crippen molar-refractivity contribution in [3.05, 3.63) is 143 Å². The van der Waals surface area contributed by atoms with E-state index < -0.39 is 33.6 Å². The number of anilines is 4. The zero-order valence-corrected chi connectivity index (χ0v) is 64.3. The molecule has 28 nitrogen and oxygen atoms in total. The van der Waals surface area contributed by atoms with Gasteiger partial charge < -0.3 is 81.3 Å². The number of nitrogens with zero attached hydrogens (tertiary/aromatic N) is 16. The van der Waals surface area contributed by atoms with E-state index in [0.717, 1.165) is 71.6 Å². The number of ether oxygens (including phenoxy) is 2. The third-order valence-electron chi connectivity index (χ3n) is 15.9. The van der Waals surface area contributed by atoms with E-state index in [2.05, 4.69) is 112 Å². The van der Waals surface area contributed by atoms with Crippen LogP contribution in [0.15, 0.2) is 105 Å². The van der Waals surface area contributed by atoms with Gasteiger partial charge in [0.25, 0.3) is 0 Å². The molecule has 0 aliphatic heterocycles. The van der Waals surface area contributed by atoms with Gasteiger partial charge in [-0.15, -0.1) is 0 Å². The van der Waals surface area contributed by atoms with Crippen LogP contribution in [0.3, 0.4) is 0 Å². The number of nitrogen functional groups attached to an aromatic ring is 4. The van der Waals surface area contributed by atoms with E-state index in [0.29, 0.717) is 107 Å². The summed E-state index contributed by atoms with van der Waals surface area (Å²) >= 11 is 19.0. The van der Waals surface area contributed by atoms with Crippen LogP contribution in [-0.4, -0.2) is 170 Å². The van der Waals surface area contributed by atoms with Gasteiger partial charge in [0.2, 0.25) is 23.8 Å². The molecule has 0 aromatic carbocycles. The van der Waals surface area contributed by atoms with Gasteiger partial charge in [0.1, 0.15) is 45.2 Å². The van der Waals surface area contributed by atoms with Gasteiger partial charge in [0.15, 0.2) is 0 Å². The van der Waals surface area contributed by atoms with Gasteiger partial charge in [-0.1, -0.05) is 58.5 Å². The van der Waals surface area contributed by atoms with Crippen LogP contribution < -0.4 is 22.9 Å². The number of hydrogen-bond donors (Lipinski definition) is 10. The normalized spacial score (nSPS) is 12.6. The summed E-state index contributed by atoms with van der Waals surface area (Å²) < 4.78 is 18.2. The van der Waals surface area contributed by atoms with E-state index >= 15 is 0 Å². The molecule has 14 N–H and O–H groups in total. The van der Waals surface area contributed by atoms with Crippen LogP contribution >= 0.6 is 34.8 Å². The van der Waals surface area contributed by atoms with Crippen LogP contribution in [-0.2, 0) is 35.7 Å². The molecular formula is C78H83Cl3N20O8. The Kier molecular flexibility index (Phi) is 24.3. The minimum Gasteiger partial charge on any atom is -0.389 e. The Morgan fingerprint density at radius 2 is 0.743 bits per heavy atom. The molecule has 0 radical (unpaired) electrons. The van der Waals surface area contributed by atoms with Gasteiger partial charge in [-0.2, -0.15) is 0 Å². The Labute approximate surface area is 644 Å². The molecule has 0 atom stereocenters. The number of halogens is 3. The number of rotatable bonds is 14. The van der Waals surface area contributed by atoms with Crippen LogP contribution in [0.25, 0.3) is 88.6 Å². The zero-order valence-electron chi connectivity index (χ0n) is 62.1. The van der Waals surface area contributed by atoms with Crippen LogP contribution in [0.2, 0.25) is 15.1 Å². The molecular weight excluding hydrogens is 1450 g/mol. The number of methoxy groups -OCH3 is 2. The summed E-state index contributed by atoms with van der Waals surface area (Å²) in [4.78, 5) is 50.5. The van der Waals surface area contributed by atoms with Crippen molar-refractivity contribution in [1.29, 1.82) is 0 Å². The molecule has 0 spiro atoms. The average molecular weight is 1540 g/mol. The first-order valence-corrected chi connectivity index (χ1v) is 35.2. The second kappa shape index (κ2) is 32.9. The number of nitrogens with two attached hydrogens (primary N) is 4. The Hall–Kier alpha value is -10.9. The van der Waals surface area contributed by atoms with Crippen molar-refractivity contribution in [2.75, 3.05) is 50.4 Å². The van der Waals surface area contributed by atoms with E-state index in [-0.39, 0.29) is 23.8 Å². The molecule has 12 aromatic rings. The molecule has 0 saturated heterocycles. The van der Waals surface area contributed by atoms with E-state index in [1.54, 1.807) is 121 Å². The zero-order chi connectivity index (χ0) is 79.1. The van der Waals surface area contributed by atoms with Gasteiger partial charge in [0, 0.05) is 102 Å². The minimum absolute atomic E-state index is 0.110. The molecule has 1 aliphatic rings. The molecule has 12 aromatic heterocycles. The lowest BCUT2D eigenvalue weighted by Crippen LogP contribution is -2.25. The molecule has 564 valence electrons. The maximum atomic E-state index is 10.3. The predicted octanol–water partition coefficient (Wildman–Crippen LogP) is 9.34. The lowest BCUT2D eigenvalue weighted by Gasteiger charge is -2.18. The highest BCUT2D eigenvalue weighted by molar-refractivity contribution is 6.34. The van der Waals surface area contributed by atoms with Crippen LogP contribution in [0, 0.1) is 47.4 Å². The lowest BCUT2D eigenvalue weighted by atomic mass is 10.1. The largest absolute Gasteiger partial charge is 0.389 e. The summed E-state index contributed by atoms with van der Waals surface area (Å²) in [6.07, 6.45) is 21.9. The SMILES string of the molecule is CC(C)(O)C#Cc1cc2c(-c3nc(N)ncc3Cl)cn(CC(C)(C)O)c2cn1.CC(C)(O)Cn1cc(-c2nc(N)ncc2Cl)c2cc(C#CC3(O)CC3)ncc21.COCCn1cc(-c2ccnc(N)n2)c2cc(C#CC(C)(C)O)ncc21.COCCn1cc(-c2nc(N)ncc2Cl)c2cc(C#CC(C)(C)O)ncc21. The van der Waals surface area contributed by atoms with Crippen molar-refractivity contribution in [3.63, 3.8) is 0 Å². The molecule has 31 heteroatoms. The number of fused-ring (bicyclic) bond motifs is 4. The molecule has 1 saturated carbocycles. The summed E-state index contributed by atoms with van der Waals surface area (Å²) in [5.41, 5.74) is 28.0. The Morgan fingerprint density at radius 1 is 0.431 bits per heavy atom. The molecule has 13 rings (SSSR count). The summed E-state index contributed by atoms with van der Waals surface area (Å²) in [6.45, 7) is 19.8. The number of aromatic nitrogens is 16. The Morgan fingerprint density at radius 3 is 1.06 bits per heavy atom. The van der Waals surface area contributed by atoms with Crippen molar-refractivity contribution < 1.29 is 40.1 Å². The molecule has 0 unspecified atom stereocenters. The second-order valence-electron chi connectivity index (χ2n) is 28.6.